The maximum Gasteiger partial charge on any atom is 0.335 e. The van der Waals surface area contributed by atoms with Gasteiger partial charge in [-0.1, -0.05) is 59.8 Å². The average molecular weight is 573 g/mol. The molecule has 0 spiro atoms. The molecule has 6 aliphatic carbocycles. The molecule has 5 saturated carbocycles. The van der Waals surface area contributed by atoms with E-state index in [0.29, 0.717) is 40.6 Å². The molecule has 0 amide bonds. The molecule has 2 N–H and O–H groups in total. The Balaban J connectivity index is 1.25. The number of aliphatic carboxylic acids is 1. The first-order valence-corrected chi connectivity index (χ1v) is 16.9. The number of allylic oxidation sites excluding steroid dienone is 2. The largest absolute Gasteiger partial charge is 0.481 e. The summed E-state index contributed by atoms with van der Waals surface area (Å²) in [6.07, 6.45) is 15.0. The molecule has 42 heavy (non-hydrogen) atoms. The normalized spacial score (nSPS) is 46.3. The second-order valence-corrected chi connectivity index (χ2v) is 17.4. The lowest BCUT2D eigenvalue weighted by molar-refractivity contribution is -0.230. The van der Waals surface area contributed by atoms with Gasteiger partial charge in [0.2, 0.25) is 0 Å². The molecule has 4 nitrogen and oxygen atoms in total. The first-order chi connectivity index (χ1) is 19.6. The highest BCUT2D eigenvalue weighted by Crippen LogP contribution is 2.79. The molecule has 0 aliphatic heterocycles. The summed E-state index contributed by atoms with van der Waals surface area (Å²) in [5.41, 5.74) is 3.36. The second kappa shape index (κ2) is 8.75. The number of rotatable bonds is 4. The van der Waals surface area contributed by atoms with Crippen LogP contribution < -0.4 is 0 Å². The number of carbonyl (C=O) groups is 2. The van der Waals surface area contributed by atoms with Crippen LogP contribution in [-0.4, -0.2) is 22.2 Å². The van der Waals surface area contributed by atoms with Gasteiger partial charge >= 0.3 is 11.9 Å². The van der Waals surface area contributed by atoms with Crippen LogP contribution in [0.4, 0.5) is 0 Å². The van der Waals surface area contributed by atoms with E-state index < -0.39 is 17.4 Å². The lowest BCUT2D eigenvalue weighted by atomic mass is 9.32. The van der Waals surface area contributed by atoms with E-state index in [1.807, 2.05) is 12.1 Å². The molecule has 1 aromatic carbocycles. The van der Waals surface area contributed by atoms with Crippen molar-refractivity contribution in [1.29, 1.82) is 0 Å². The van der Waals surface area contributed by atoms with Crippen molar-refractivity contribution < 1.29 is 19.8 Å². The summed E-state index contributed by atoms with van der Waals surface area (Å²) in [4.78, 5) is 24.5. The Kier molecular flexibility index (Phi) is 5.97. The van der Waals surface area contributed by atoms with E-state index in [1.54, 1.807) is 12.1 Å². The van der Waals surface area contributed by atoms with Gasteiger partial charge in [0.15, 0.2) is 0 Å². The van der Waals surface area contributed by atoms with Crippen molar-refractivity contribution in [2.24, 2.45) is 62.1 Å². The zero-order valence-electron chi connectivity index (χ0n) is 26.8. The van der Waals surface area contributed by atoms with Gasteiger partial charge in [-0.3, -0.25) is 4.79 Å². The Morgan fingerprint density at radius 1 is 0.714 bits per heavy atom. The topological polar surface area (TPSA) is 74.6 Å². The molecular weight excluding hydrogens is 520 g/mol. The highest BCUT2D eigenvalue weighted by atomic mass is 16.4. The van der Waals surface area contributed by atoms with Crippen LogP contribution in [0.15, 0.2) is 30.3 Å². The summed E-state index contributed by atoms with van der Waals surface area (Å²) in [7, 11) is 0. The summed E-state index contributed by atoms with van der Waals surface area (Å²) in [5, 5.41) is 20.2. The van der Waals surface area contributed by atoms with Crippen molar-refractivity contribution in [3.8, 4) is 0 Å². The third-order valence-electron chi connectivity index (χ3n) is 15.8. The third kappa shape index (κ3) is 3.47. The molecule has 5 fully saturated rings. The van der Waals surface area contributed by atoms with Gasteiger partial charge in [0, 0.05) is 0 Å². The molecule has 0 aromatic heterocycles. The molecule has 1 aromatic rings. The molecule has 9 unspecified atom stereocenters. The monoisotopic (exact) mass is 572 g/mol. The summed E-state index contributed by atoms with van der Waals surface area (Å²) < 4.78 is 0. The zero-order chi connectivity index (χ0) is 30.1. The highest BCUT2D eigenvalue weighted by Gasteiger charge is 2.73. The first kappa shape index (κ1) is 28.7. The van der Waals surface area contributed by atoms with Crippen molar-refractivity contribution in [3.63, 3.8) is 0 Å². The van der Waals surface area contributed by atoms with Gasteiger partial charge in [0.25, 0.3) is 0 Å². The van der Waals surface area contributed by atoms with Gasteiger partial charge in [0.05, 0.1) is 11.0 Å². The fourth-order valence-corrected chi connectivity index (χ4v) is 13.2. The van der Waals surface area contributed by atoms with Crippen LogP contribution in [0.5, 0.6) is 0 Å². The second-order valence-electron chi connectivity index (χ2n) is 17.4. The van der Waals surface area contributed by atoms with Gasteiger partial charge in [-0.2, -0.15) is 0 Å². The Bertz CT molecular complexity index is 1350. The fourth-order valence-electron chi connectivity index (χ4n) is 13.2. The van der Waals surface area contributed by atoms with E-state index in [2.05, 4.69) is 47.6 Å². The van der Waals surface area contributed by atoms with Crippen LogP contribution in [0.25, 0.3) is 5.57 Å². The number of aromatic carboxylic acids is 1. The van der Waals surface area contributed by atoms with Gasteiger partial charge in [0.1, 0.15) is 0 Å². The Morgan fingerprint density at radius 3 is 2.02 bits per heavy atom. The maximum absolute atomic E-state index is 13.1. The van der Waals surface area contributed by atoms with E-state index in [9.17, 15) is 19.8 Å². The Labute approximate surface area is 252 Å². The molecule has 0 radical (unpaired) electrons. The molecule has 9 atom stereocenters. The predicted octanol–water partition coefficient (Wildman–Crippen LogP) is 9.34. The molecule has 0 heterocycles. The molecule has 0 saturated heterocycles. The van der Waals surface area contributed by atoms with Crippen LogP contribution in [0, 0.1) is 62.1 Å². The van der Waals surface area contributed by atoms with E-state index in [4.69, 9.17) is 0 Å². The number of hydrogen-bond donors (Lipinski definition) is 2. The quantitative estimate of drug-likeness (QED) is 0.377. The van der Waals surface area contributed by atoms with Gasteiger partial charge in [-0.25, -0.2) is 4.79 Å². The average Bonchev–Trinajstić information content (AvgIpc) is 3.53. The molecule has 7 rings (SSSR count). The molecular formula is C38H52O4. The van der Waals surface area contributed by atoms with Crippen molar-refractivity contribution in [1.82, 2.24) is 0 Å². The van der Waals surface area contributed by atoms with Gasteiger partial charge in [-0.15, -0.1) is 0 Å². The first-order valence-electron chi connectivity index (χ1n) is 16.9. The van der Waals surface area contributed by atoms with Crippen molar-refractivity contribution in [2.45, 2.75) is 112 Å². The number of benzene rings is 1. The molecule has 0 bridgehead atoms. The maximum atomic E-state index is 13.1. The van der Waals surface area contributed by atoms with Crippen LogP contribution >= 0.6 is 0 Å². The predicted molar refractivity (Wildman–Crippen MR) is 166 cm³/mol. The lowest BCUT2D eigenvalue weighted by Crippen LogP contribution is -2.66. The molecule has 6 aliphatic rings. The minimum Gasteiger partial charge on any atom is -0.481 e. The summed E-state index contributed by atoms with van der Waals surface area (Å²) in [6.45, 7) is 15.2. The highest BCUT2D eigenvalue weighted by molar-refractivity contribution is 5.88. The molecule has 4 heteroatoms. The lowest BCUT2D eigenvalue weighted by Gasteiger charge is -2.72. The van der Waals surface area contributed by atoms with Crippen LogP contribution in [0.2, 0.25) is 0 Å². The third-order valence-corrected chi connectivity index (χ3v) is 15.8. The van der Waals surface area contributed by atoms with E-state index in [1.165, 1.54) is 44.1 Å². The SMILES string of the molecule is CC1(C2CCC3(C(=O)O)CCC4(C)C(CCC5C6(C)CC=C(c7ccc(C(=O)O)cc7)C(C)(C)C6CCC54C)C23)CC1. The zero-order valence-corrected chi connectivity index (χ0v) is 26.8. The fraction of sp³-hybridized carbons (Fsp3) is 0.737. The summed E-state index contributed by atoms with van der Waals surface area (Å²) in [5.74, 6) is 1.26. The standard InChI is InChI=1S/C38H52O4/c1-33(2)25(23-7-9-24(10-8-23)31(39)40)13-16-35(4)28(33)15-17-37(6)29(35)12-11-27-30-26(34(3)19-20-34)14-18-38(30,32(41)42)22-21-36(27,37)5/h7-10,13,26-30H,11-12,14-22H2,1-6H3,(H,39,40)(H,41,42). The van der Waals surface area contributed by atoms with Crippen LogP contribution in [0.3, 0.4) is 0 Å². The van der Waals surface area contributed by atoms with Crippen molar-refractivity contribution in [2.75, 3.05) is 0 Å². The van der Waals surface area contributed by atoms with Crippen molar-refractivity contribution in [3.05, 3.63) is 41.5 Å². The van der Waals surface area contributed by atoms with Gasteiger partial charge < -0.3 is 10.2 Å². The minimum atomic E-state index is -0.875. The van der Waals surface area contributed by atoms with Crippen LogP contribution in [0.1, 0.15) is 128 Å². The van der Waals surface area contributed by atoms with E-state index in [-0.39, 0.29) is 21.7 Å². The number of fused-ring (bicyclic) bond motifs is 7. The smallest absolute Gasteiger partial charge is 0.335 e. The molecule has 228 valence electrons. The number of hydrogen-bond acceptors (Lipinski definition) is 2. The van der Waals surface area contributed by atoms with Crippen molar-refractivity contribution >= 4 is 17.5 Å². The number of carboxylic acids is 2. The van der Waals surface area contributed by atoms with E-state index >= 15 is 0 Å². The van der Waals surface area contributed by atoms with Crippen LogP contribution in [-0.2, 0) is 4.79 Å². The van der Waals surface area contributed by atoms with Gasteiger partial charge in [-0.05, 0) is 151 Å². The van der Waals surface area contributed by atoms with E-state index in [0.717, 1.165) is 37.7 Å². The Hall–Kier alpha value is -2.10. The summed E-state index contributed by atoms with van der Waals surface area (Å²) in [6, 6.07) is 7.52. The number of carboxylic acid groups (broad SMARTS) is 2. The minimum absolute atomic E-state index is 0.00103. The summed E-state index contributed by atoms with van der Waals surface area (Å²) >= 11 is 0. The Morgan fingerprint density at radius 2 is 1.40 bits per heavy atom.